The Labute approximate surface area is 211 Å². The fourth-order valence-corrected chi connectivity index (χ4v) is 7.19. The fourth-order valence-electron chi connectivity index (χ4n) is 5.42. The monoisotopic (exact) mass is 503 g/mol. The summed E-state index contributed by atoms with van der Waals surface area (Å²) in [5.41, 5.74) is 1.25. The summed E-state index contributed by atoms with van der Waals surface area (Å²) >= 11 is 3.39. The van der Waals surface area contributed by atoms with E-state index in [0.29, 0.717) is 24.7 Å². The van der Waals surface area contributed by atoms with E-state index in [9.17, 15) is 4.79 Å². The highest BCUT2D eigenvalue weighted by Gasteiger charge is 2.25. The highest BCUT2D eigenvalue weighted by atomic mass is 32.1. The van der Waals surface area contributed by atoms with Gasteiger partial charge in [0.05, 0.1) is 16.8 Å². The van der Waals surface area contributed by atoms with Gasteiger partial charge in [0.2, 0.25) is 0 Å². The van der Waals surface area contributed by atoms with Crippen LogP contribution in [0, 0.1) is 18.8 Å². The first kappa shape index (κ1) is 24.3. The van der Waals surface area contributed by atoms with Crippen molar-refractivity contribution in [3.63, 3.8) is 0 Å². The van der Waals surface area contributed by atoms with E-state index >= 15 is 0 Å². The number of aryl methyl sites for hydroxylation is 1. The molecule has 1 saturated carbocycles. The van der Waals surface area contributed by atoms with Crippen LogP contribution in [-0.2, 0) is 28.8 Å². The number of Topliss-reactive ketones (excluding diaryl/α,β-unsaturated/α-hetero) is 1. The number of nitrogens with zero attached hydrogens (tertiary/aromatic N) is 3. The van der Waals surface area contributed by atoms with Gasteiger partial charge in [0.25, 0.3) is 5.19 Å². The van der Waals surface area contributed by atoms with E-state index in [4.69, 9.17) is 14.5 Å². The highest BCUT2D eigenvalue weighted by Crippen LogP contribution is 2.34. The third kappa shape index (κ3) is 6.65. The van der Waals surface area contributed by atoms with E-state index in [-0.39, 0.29) is 6.10 Å². The summed E-state index contributed by atoms with van der Waals surface area (Å²) in [6.07, 6.45) is 13.0. The molecule has 1 unspecified atom stereocenters. The minimum absolute atomic E-state index is 0.267. The quantitative estimate of drug-likeness (QED) is 0.461. The predicted molar refractivity (Wildman–Crippen MR) is 136 cm³/mol. The molecule has 186 valence electrons. The van der Waals surface area contributed by atoms with Crippen molar-refractivity contribution in [3.8, 4) is 5.19 Å². The van der Waals surface area contributed by atoms with Crippen molar-refractivity contribution in [2.75, 3.05) is 32.8 Å². The van der Waals surface area contributed by atoms with Gasteiger partial charge in [-0.05, 0) is 51.0 Å². The number of carbonyl (C=O) groups is 1. The van der Waals surface area contributed by atoms with Crippen molar-refractivity contribution in [3.05, 3.63) is 26.7 Å². The molecular formula is C26H37N3O3S2. The third-order valence-electron chi connectivity index (χ3n) is 7.64. The highest BCUT2D eigenvalue weighted by molar-refractivity contribution is 7.13. The number of hydrogen-bond donors (Lipinski definition) is 0. The topological polar surface area (TPSA) is 64.6 Å². The molecule has 5 rings (SSSR count). The van der Waals surface area contributed by atoms with Crippen LogP contribution in [0.2, 0.25) is 0 Å². The molecule has 2 aromatic heterocycles. The largest absolute Gasteiger partial charge is 0.467 e. The average Bonchev–Trinajstić information content (AvgIpc) is 3.33. The minimum atomic E-state index is 0.267. The van der Waals surface area contributed by atoms with Gasteiger partial charge in [-0.2, -0.15) is 0 Å². The van der Waals surface area contributed by atoms with Crippen LogP contribution < -0.4 is 4.74 Å². The van der Waals surface area contributed by atoms with Gasteiger partial charge in [0, 0.05) is 61.3 Å². The van der Waals surface area contributed by atoms with Crippen molar-refractivity contribution in [1.29, 1.82) is 0 Å². The first-order valence-corrected chi connectivity index (χ1v) is 14.6. The van der Waals surface area contributed by atoms with Crippen molar-refractivity contribution in [2.45, 2.75) is 77.2 Å². The molecule has 6 nitrogen and oxygen atoms in total. The van der Waals surface area contributed by atoms with Gasteiger partial charge in [-0.25, -0.2) is 9.97 Å². The Morgan fingerprint density at radius 1 is 1.15 bits per heavy atom. The van der Waals surface area contributed by atoms with Crippen LogP contribution in [0.25, 0.3) is 0 Å². The molecule has 1 aliphatic carbocycles. The first-order valence-electron chi connectivity index (χ1n) is 13.0. The molecule has 0 N–H and O–H groups in total. The standard InChI is InChI=1S/C26H37N3O3S2/c1-18-27-16-23(33-18)15-21(30)14-20-4-2-19(3-5-20)6-10-29-11-7-24-25(8-12-29)34-26(28-24)32-17-22-9-13-31-22/h16,19-20,22H,2-15,17H2,1H3. The van der Waals surface area contributed by atoms with Gasteiger partial charge < -0.3 is 14.4 Å². The lowest BCUT2D eigenvalue weighted by atomic mass is 9.78. The number of hydrogen-bond acceptors (Lipinski definition) is 8. The molecule has 1 saturated heterocycles. The van der Waals surface area contributed by atoms with E-state index in [1.807, 2.05) is 13.1 Å². The molecule has 0 spiro atoms. The average molecular weight is 504 g/mol. The SMILES string of the molecule is Cc1ncc(CC(=O)CC2CCC(CCN3CCc4nc(OCC5CCO5)sc4CC3)CC2)s1. The van der Waals surface area contributed by atoms with E-state index in [0.717, 1.165) is 66.4 Å². The molecule has 2 fully saturated rings. The second-order valence-corrected chi connectivity index (χ2v) is 12.6. The maximum Gasteiger partial charge on any atom is 0.273 e. The molecule has 34 heavy (non-hydrogen) atoms. The Hall–Kier alpha value is -1.35. The zero-order valence-electron chi connectivity index (χ0n) is 20.3. The van der Waals surface area contributed by atoms with E-state index < -0.39 is 0 Å². The summed E-state index contributed by atoms with van der Waals surface area (Å²) in [5, 5.41) is 1.87. The Kier molecular flexibility index (Phi) is 8.30. The van der Waals surface area contributed by atoms with Crippen LogP contribution in [-0.4, -0.2) is 59.6 Å². The Morgan fingerprint density at radius 2 is 1.94 bits per heavy atom. The van der Waals surface area contributed by atoms with Gasteiger partial charge in [0.15, 0.2) is 0 Å². The van der Waals surface area contributed by atoms with Gasteiger partial charge in [-0.15, -0.1) is 11.3 Å². The van der Waals surface area contributed by atoms with Crippen molar-refractivity contribution in [1.82, 2.24) is 14.9 Å². The summed E-state index contributed by atoms with van der Waals surface area (Å²) in [6, 6.07) is 0. The second kappa shape index (κ2) is 11.6. The Morgan fingerprint density at radius 3 is 2.68 bits per heavy atom. The number of aromatic nitrogens is 2. The molecule has 1 atom stereocenters. The molecule has 0 aromatic carbocycles. The zero-order valence-corrected chi connectivity index (χ0v) is 21.9. The summed E-state index contributed by atoms with van der Waals surface area (Å²) in [7, 11) is 0. The number of ketones is 1. The van der Waals surface area contributed by atoms with Gasteiger partial charge >= 0.3 is 0 Å². The van der Waals surface area contributed by atoms with Gasteiger partial charge in [-0.3, -0.25) is 4.79 Å². The van der Waals surface area contributed by atoms with Crippen molar-refractivity contribution in [2.24, 2.45) is 11.8 Å². The summed E-state index contributed by atoms with van der Waals surface area (Å²) in [6.45, 7) is 6.93. The fraction of sp³-hybridized carbons (Fsp3) is 0.731. The van der Waals surface area contributed by atoms with Gasteiger partial charge in [0.1, 0.15) is 12.4 Å². The van der Waals surface area contributed by atoms with Gasteiger partial charge in [-0.1, -0.05) is 24.2 Å². The van der Waals surface area contributed by atoms with Crippen LogP contribution in [0.15, 0.2) is 6.20 Å². The molecular weight excluding hydrogens is 466 g/mol. The van der Waals surface area contributed by atoms with E-state index in [1.54, 1.807) is 22.7 Å². The van der Waals surface area contributed by atoms with Crippen molar-refractivity contribution < 1.29 is 14.3 Å². The number of ether oxygens (including phenoxy) is 2. The van der Waals surface area contributed by atoms with Crippen LogP contribution in [0.4, 0.5) is 0 Å². The molecule has 0 radical (unpaired) electrons. The Bertz CT molecular complexity index is 921. The molecule has 8 heteroatoms. The number of thiazole rings is 2. The lowest BCUT2D eigenvalue weighted by Crippen LogP contribution is -2.32. The zero-order chi connectivity index (χ0) is 23.3. The van der Waals surface area contributed by atoms with Crippen LogP contribution in [0.3, 0.4) is 0 Å². The number of carbonyl (C=O) groups excluding carboxylic acids is 1. The van der Waals surface area contributed by atoms with Crippen LogP contribution in [0.5, 0.6) is 5.19 Å². The van der Waals surface area contributed by atoms with E-state index in [2.05, 4.69) is 9.88 Å². The molecule has 2 aliphatic heterocycles. The molecule has 4 heterocycles. The lowest BCUT2D eigenvalue weighted by molar-refractivity contribution is -0.119. The number of fused-ring (bicyclic) bond motifs is 1. The Balaban J connectivity index is 0.980. The third-order valence-corrected chi connectivity index (χ3v) is 9.62. The number of rotatable bonds is 10. The maximum atomic E-state index is 12.5. The maximum absolute atomic E-state index is 12.5. The minimum Gasteiger partial charge on any atom is -0.467 e. The normalized spacial score (nSPS) is 25.4. The van der Waals surface area contributed by atoms with Crippen molar-refractivity contribution >= 4 is 28.5 Å². The summed E-state index contributed by atoms with van der Waals surface area (Å²) in [5.74, 6) is 1.80. The second-order valence-electron chi connectivity index (χ2n) is 10.2. The molecule has 0 amide bonds. The summed E-state index contributed by atoms with van der Waals surface area (Å²) < 4.78 is 11.3. The van der Waals surface area contributed by atoms with Crippen LogP contribution in [0.1, 0.15) is 65.4 Å². The first-order chi connectivity index (χ1) is 16.6. The summed E-state index contributed by atoms with van der Waals surface area (Å²) in [4.78, 5) is 26.7. The molecule has 0 bridgehead atoms. The predicted octanol–water partition coefficient (Wildman–Crippen LogP) is 4.87. The van der Waals surface area contributed by atoms with Crippen LogP contribution >= 0.6 is 22.7 Å². The molecule has 2 aromatic rings. The molecule has 3 aliphatic rings. The van der Waals surface area contributed by atoms with E-state index in [1.165, 1.54) is 49.2 Å². The smallest absolute Gasteiger partial charge is 0.273 e. The lowest BCUT2D eigenvalue weighted by Gasteiger charge is -2.30.